The third-order valence-corrected chi connectivity index (χ3v) is 3.83. The highest BCUT2D eigenvalue weighted by Crippen LogP contribution is 2.20. The Labute approximate surface area is 137 Å². The molecule has 0 aliphatic carbocycles. The van der Waals surface area contributed by atoms with Crippen molar-refractivity contribution in [3.8, 4) is 0 Å². The van der Waals surface area contributed by atoms with E-state index in [0.717, 1.165) is 30.4 Å². The Balaban J connectivity index is 2.21. The lowest BCUT2D eigenvalue weighted by Crippen LogP contribution is -2.49. The van der Waals surface area contributed by atoms with Crippen LogP contribution in [0.4, 0.5) is 5.95 Å². The van der Waals surface area contributed by atoms with Crippen LogP contribution in [0.2, 0.25) is 0 Å². The van der Waals surface area contributed by atoms with Gasteiger partial charge in [0, 0.05) is 46.1 Å². The molecule has 0 atom stereocenters. The van der Waals surface area contributed by atoms with Crippen LogP contribution in [0.3, 0.4) is 0 Å². The molecule has 1 aliphatic rings. The number of carbonyl (C=O) groups is 1. The van der Waals surface area contributed by atoms with E-state index in [1.54, 1.807) is 20.8 Å². The van der Waals surface area contributed by atoms with E-state index >= 15 is 0 Å². The van der Waals surface area contributed by atoms with Gasteiger partial charge in [-0.1, -0.05) is 12.2 Å². The summed E-state index contributed by atoms with van der Waals surface area (Å²) in [5, 5.41) is 18.7. The highest BCUT2D eigenvalue weighted by atomic mass is 16.3. The first-order chi connectivity index (χ1) is 10.7. The molecule has 2 rings (SSSR count). The molecule has 23 heavy (non-hydrogen) atoms. The molecule has 7 heteroatoms. The van der Waals surface area contributed by atoms with Crippen molar-refractivity contribution < 1.29 is 9.90 Å². The number of hydrogen-bond donors (Lipinski definition) is 1. The number of allylic oxidation sites excluding steroid dienone is 1. The molecule has 2 heterocycles. The number of aliphatic hydroxyl groups is 1. The van der Waals surface area contributed by atoms with Crippen molar-refractivity contribution in [2.24, 2.45) is 0 Å². The van der Waals surface area contributed by atoms with Crippen LogP contribution < -0.4 is 4.90 Å². The maximum Gasteiger partial charge on any atom is 0.227 e. The van der Waals surface area contributed by atoms with Crippen molar-refractivity contribution in [3.63, 3.8) is 0 Å². The van der Waals surface area contributed by atoms with Crippen LogP contribution in [0.15, 0.2) is 12.2 Å². The number of rotatable bonds is 5. The Kier molecular flexibility index (Phi) is 5.09. The Bertz CT molecular complexity index is 580. The number of carbonyl (C=O) groups excluding carboxylic acids is 1. The molecule has 0 saturated carbocycles. The molecule has 1 amide bonds. The maximum absolute atomic E-state index is 11.5. The van der Waals surface area contributed by atoms with Crippen molar-refractivity contribution in [1.82, 2.24) is 19.7 Å². The second kappa shape index (κ2) is 6.70. The summed E-state index contributed by atoms with van der Waals surface area (Å²) in [7, 11) is 0. The summed E-state index contributed by atoms with van der Waals surface area (Å²) < 4.78 is 2.02. The number of nitrogens with zero attached hydrogens (tertiary/aromatic N) is 5. The first-order valence-electron chi connectivity index (χ1n) is 7.96. The molecule has 1 aromatic heterocycles. The van der Waals surface area contributed by atoms with Gasteiger partial charge in [-0.05, 0) is 20.8 Å². The normalized spacial score (nSPS) is 15.9. The summed E-state index contributed by atoms with van der Waals surface area (Å²) in [6.45, 7) is 14.5. The molecule has 128 valence electrons. The van der Waals surface area contributed by atoms with Crippen LogP contribution in [0.5, 0.6) is 0 Å². The molecule has 1 aliphatic heterocycles. The number of hydrogen-bond acceptors (Lipinski definition) is 5. The van der Waals surface area contributed by atoms with Gasteiger partial charge in [0.05, 0.1) is 5.60 Å². The third-order valence-electron chi connectivity index (χ3n) is 3.83. The maximum atomic E-state index is 11.5. The van der Waals surface area contributed by atoms with Gasteiger partial charge in [0.1, 0.15) is 5.82 Å². The second-order valence-electron chi connectivity index (χ2n) is 6.94. The summed E-state index contributed by atoms with van der Waals surface area (Å²) in [6.07, 6.45) is 0.431. The fourth-order valence-electron chi connectivity index (χ4n) is 2.73. The van der Waals surface area contributed by atoms with Gasteiger partial charge in [0.25, 0.3) is 0 Å². The predicted molar refractivity (Wildman–Crippen MR) is 89.3 cm³/mol. The van der Waals surface area contributed by atoms with Crippen molar-refractivity contribution in [1.29, 1.82) is 0 Å². The highest BCUT2D eigenvalue weighted by Gasteiger charge is 2.26. The van der Waals surface area contributed by atoms with Crippen molar-refractivity contribution in [3.05, 3.63) is 18.0 Å². The molecule has 1 aromatic rings. The van der Waals surface area contributed by atoms with Gasteiger partial charge < -0.3 is 14.9 Å². The topological polar surface area (TPSA) is 74.5 Å². The lowest BCUT2D eigenvalue weighted by molar-refractivity contribution is -0.129. The van der Waals surface area contributed by atoms with E-state index in [9.17, 15) is 9.90 Å². The van der Waals surface area contributed by atoms with Crippen molar-refractivity contribution in [2.45, 2.75) is 46.3 Å². The quantitative estimate of drug-likeness (QED) is 0.813. The second-order valence-corrected chi connectivity index (χ2v) is 6.94. The largest absolute Gasteiger partial charge is 0.390 e. The molecule has 0 radical (unpaired) electrons. The minimum Gasteiger partial charge on any atom is -0.390 e. The zero-order chi connectivity index (χ0) is 17.2. The lowest BCUT2D eigenvalue weighted by Gasteiger charge is -2.34. The highest BCUT2D eigenvalue weighted by molar-refractivity contribution is 5.73. The monoisotopic (exact) mass is 321 g/mol. The lowest BCUT2D eigenvalue weighted by atomic mass is 10.1. The van der Waals surface area contributed by atoms with E-state index in [4.69, 9.17) is 0 Å². The number of aromatic nitrogens is 3. The molecule has 0 bridgehead atoms. The molecular weight excluding hydrogens is 294 g/mol. The van der Waals surface area contributed by atoms with Crippen LogP contribution in [0, 0.1) is 0 Å². The Morgan fingerprint density at radius 2 is 1.83 bits per heavy atom. The van der Waals surface area contributed by atoms with Crippen molar-refractivity contribution in [2.75, 3.05) is 31.1 Å². The number of amides is 1. The molecule has 0 spiro atoms. The first kappa shape index (κ1) is 17.5. The van der Waals surface area contributed by atoms with Crippen LogP contribution in [0.1, 0.15) is 33.5 Å². The average molecular weight is 321 g/mol. The van der Waals surface area contributed by atoms with Crippen LogP contribution >= 0.6 is 0 Å². The number of anilines is 1. The minimum atomic E-state index is -0.843. The molecule has 1 saturated heterocycles. The standard InChI is InChI=1S/C16H27N5O2/c1-12(2)11-21-14(10-16(4,5)23)17-18-15(21)20-8-6-19(7-9-20)13(3)22/h23H,1,6-11H2,2-5H3. The molecule has 1 N–H and O–H groups in total. The molecule has 7 nitrogen and oxygen atoms in total. The molecule has 0 aromatic carbocycles. The molecule has 0 unspecified atom stereocenters. The van der Waals surface area contributed by atoms with E-state index in [1.165, 1.54) is 0 Å². The summed E-state index contributed by atoms with van der Waals surface area (Å²) in [5.41, 5.74) is 0.162. The molecule has 1 fully saturated rings. The SMILES string of the molecule is C=C(C)Cn1c(CC(C)(C)O)nnc1N1CCN(C(C)=O)CC1. The predicted octanol–water partition coefficient (Wildman–Crippen LogP) is 0.836. The summed E-state index contributed by atoms with van der Waals surface area (Å²) in [4.78, 5) is 15.4. The third kappa shape index (κ3) is 4.54. The van der Waals surface area contributed by atoms with Crippen LogP contribution in [0.25, 0.3) is 0 Å². The summed E-state index contributed by atoms with van der Waals surface area (Å²) in [6, 6.07) is 0. The minimum absolute atomic E-state index is 0.107. The van der Waals surface area contributed by atoms with Gasteiger partial charge >= 0.3 is 0 Å². The summed E-state index contributed by atoms with van der Waals surface area (Å²) >= 11 is 0. The average Bonchev–Trinajstić information content (AvgIpc) is 2.79. The Morgan fingerprint density at radius 1 is 1.22 bits per heavy atom. The Morgan fingerprint density at radius 3 is 2.30 bits per heavy atom. The smallest absolute Gasteiger partial charge is 0.227 e. The van der Waals surface area contributed by atoms with Crippen LogP contribution in [-0.4, -0.2) is 62.5 Å². The van der Waals surface area contributed by atoms with Gasteiger partial charge in [-0.25, -0.2) is 0 Å². The van der Waals surface area contributed by atoms with Gasteiger partial charge in [0.15, 0.2) is 0 Å². The van der Waals surface area contributed by atoms with E-state index in [1.807, 2.05) is 16.4 Å². The van der Waals surface area contributed by atoms with Gasteiger partial charge in [-0.15, -0.1) is 10.2 Å². The zero-order valence-corrected chi connectivity index (χ0v) is 14.5. The summed E-state index contributed by atoms with van der Waals surface area (Å²) in [5.74, 6) is 1.65. The van der Waals surface area contributed by atoms with Gasteiger partial charge in [-0.3, -0.25) is 9.36 Å². The fraction of sp³-hybridized carbons (Fsp3) is 0.688. The number of piperazine rings is 1. The van der Waals surface area contributed by atoms with E-state index in [-0.39, 0.29) is 5.91 Å². The zero-order valence-electron chi connectivity index (χ0n) is 14.5. The fourth-order valence-corrected chi connectivity index (χ4v) is 2.73. The van der Waals surface area contributed by atoms with E-state index in [0.29, 0.717) is 26.1 Å². The van der Waals surface area contributed by atoms with Crippen molar-refractivity contribution >= 4 is 11.9 Å². The molecular formula is C16H27N5O2. The Hall–Kier alpha value is -1.89. The van der Waals surface area contributed by atoms with Gasteiger partial charge in [0.2, 0.25) is 11.9 Å². The van der Waals surface area contributed by atoms with Gasteiger partial charge in [-0.2, -0.15) is 0 Å². The first-order valence-corrected chi connectivity index (χ1v) is 7.96. The van der Waals surface area contributed by atoms with Crippen LogP contribution in [-0.2, 0) is 17.8 Å². The van der Waals surface area contributed by atoms with E-state index in [2.05, 4.69) is 21.7 Å². The van der Waals surface area contributed by atoms with E-state index < -0.39 is 5.60 Å².